The summed E-state index contributed by atoms with van der Waals surface area (Å²) in [5, 5.41) is 45.4. The first-order valence-electron chi connectivity index (χ1n) is 35.6. The number of esters is 1. The Bertz CT molecular complexity index is 1720. The summed E-state index contributed by atoms with van der Waals surface area (Å²) in [4.78, 5) is 57.3. The molecule has 1 aromatic carbocycles. The van der Waals surface area contributed by atoms with E-state index in [2.05, 4.69) is 32.6 Å². The van der Waals surface area contributed by atoms with Gasteiger partial charge in [0.25, 0.3) is 0 Å². The molecule has 5 atom stereocenters. The largest absolute Gasteiger partial charge is 0.490 e. The molecular formula is C72H133N3O12. The summed E-state index contributed by atoms with van der Waals surface area (Å²) in [6.07, 6.45) is 41.6. The Hall–Kier alpha value is -3.15. The van der Waals surface area contributed by atoms with Crippen molar-refractivity contribution in [3.63, 3.8) is 0 Å². The van der Waals surface area contributed by atoms with Gasteiger partial charge in [-0.3, -0.25) is 9.80 Å². The van der Waals surface area contributed by atoms with E-state index in [1.165, 1.54) is 154 Å². The number of aliphatic hydroxyl groups excluding tert-OH is 4. The standard InChI is InChI=1S/C72H133N3O12/c1-8-12-16-20-24-28-32-36-43-64(76)59-74(60-65(77)44-37-33-29-25-21-17-13-9-2)55-40-47-70(81)86-87-71(82)72(83-7,63-49-51-68(52-50-63)84-57-41-48-69(80)85-58-42-54-73(5)6)53-56-75(61-66(78)45-38-34-30-26-22-18-14-10-3)62-67(79)46-39-35-31-27-23-19-15-11-4/h41,48-52,64-67,76-79H,8-40,42-47,53-62H2,1-7H3/b48-41+. The van der Waals surface area contributed by atoms with E-state index >= 15 is 0 Å². The van der Waals surface area contributed by atoms with Crippen molar-refractivity contribution < 1.29 is 58.8 Å². The lowest BCUT2D eigenvalue weighted by atomic mass is 9.89. The van der Waals surface area contributed by atoms with Gasteiger partial charge in [-0.05, 0) is 82.9 Å². The highest BCUT2D eigenvalue weighted by atomic mass is 17.2. The van der Waals surface area contributed by atoms with Gasteiger partial charge in [0.2, 0.25) is 0 Å². The third-order valence-corrected chi connectivity index (χ3v) is 16.9. The van der Waals surface area contributed by atoms with Crippen LogP contribution < -0.4 is 4.74 Å². The third kappa shape index (κ3) is 45.7. The minimum Gasteiger partial charge on any atom is -0.490 e. The maximum absolute atomic E-state index is 14.6. The Kier molecular flexibility index (Phi) is 53.4. The number of unbranched alkanes of at least 4 members (excludes halogenated alkanes) is 28. The van der Waals surface area contributed by atoms with E-state index in [1.807, 2.05) is 23.9 Å². The molecule has 4 N–H and O–H groups in total. The minimum absolute atomic E-state index is 0.0337. The molecule has 0 saturated heterocycles. The highest BCUT2D eigenvalue weighted by Crippen LogP contribution is 2.33. The molecule has 0 bridgehead atoms. The van der Waals surface area contributed by atoms with Crippen molar-refractivity contribution in [2.45, 2.75) is 315 Å². The van der Waals surface area contributed by atoms with Crippen molar-refractivity contribution in [3.8, 4) is 5.75 Å². The van der Waals surface area contributed by atoms with Crippen LogP contribution in [-0.4, -0.2) is 158 Å². The Labute approximate surface area is 531 Å². The lowest BCUT2D eigenvalue weighted by Crippen LogP contribution is -2.45. The van der Waals surface area contributed by atoms with Gasteiger partial charge < -0.3 is 39.5 Å². The molecular weight excluding hydrogens is 1100 g/mol. The molecule has 15 nitrogen and oxygen atoms in total. The van der Waals surface area contributed by atoms with E-state index < -0.39 is 47.9 Å². The lowest BCUT2D eigenvalue weighted by molar-refractivity contribution is -0.273. The number of aliphatic hydroxyl groups is 4. The normalized spacial score (nSPS) is 14.0. The topological polar surface area (TPSA) is 188 Å². The van der Waals surface area contributed by atoms with Crippen molar-refractivity contribution in [1.29, 1.82) is 0 Å². The van der Waals surface area contributed by atoms with Crippen molar-refractivity contribution in [3.05, 3.63) is 42.0 Å². The van der Waals surface area contributed by atoms with Gasteiger partial charge >= 0.3 is 17.9 Å². The molecule has 1 aromatic rings. The molecule has 508 valence electrons. The van der Waals surface area contributed by atoms with Crippen molar-refractivity contribution >= 4 is 17.9 Å². The fourth-order valence-electron chi connectivity index (χ4n) is 11.5. The molecule has 0 amide bonds. The summed E-state index contributed by atoms with van der Waals surface area (Å²) >= 11 is 0. The van der Waals surface area contributed by atoms with Crippen LogP contribution in [0.25, 0.3) is 0 Å². The first kappa shape index (κ1) is 81.9. The SMILES string of the molecule is CCCCCCCCCCC(O)CN(CCCC(=O)OOC(=O)C(CCN(CC(O)CCCCCCCCCC)CC(O)CCCCCCCCCC)(OC)c1ccc(OC/C=C/C(=O)OCCCN(C)C)cc1)CC(O)CCCCCCCCCC. The predicted octanol–water partition coefficient (Wildman–Crippen LogP) is 15.3. The van der Waals surface area contributed by atoms with Gasteiger partial charge in [-0.15, -0.1) is 0 Å². The van der Waals surface area contributed by atoms with Crippen LogP contribution in [0.3, 0.4) is 0 Å². The first-order chi connectivity index (χ1) is 42.2. The molecule has 0 spiro atoms. The van der Waals surface area contributed by atoms with Crippen molar-refractivity contribution in [2.24, 2.45) is 0 Å². The van der Waals surface area contributed by atoms with Crippen LogP contribution >= 0.6 is 0 Å². The van der Waals surface area contributed by atoms with Crippen LogP contribution in [-0.2, 0) is 39.2 Å². The Morgan fingerprint density at radius 2 is 0.862 bits per heavy atom. The molecule has 0 saturated carbocycles. The van der Waals surface area contributed by atoms with Crippen molar-refractivity contribution in [1.82, 2.24) is 14.7 Å². The average Bonchev–Trinajstić information content (AvgIpc) is 1.44. The molecule has 87 heavy (non-hydrogen) atoms. The first-order valence-corrected chi connectivity index (χ1v) is 35.6. The summed E-state index contributed by atoms with van der Waals surface area (Å²) in [5.41, 5.74) is -1.37. The molecule has 5 unspecified atom stereocenters. The quantitative estimate of drug-likeness (QED) is 0.0158. The van der Waals surface area contributed by atoms with Gasteiger partial charge in [0.1, 0.15) is 12.4 Å². The molecule has 0 aliphatic heterocycles. The van der Waals surface area contributed by atoms with E-state index in [0.29, 0.717) is 82.7 Å². The Balaban J connectivity index is 3.31. The smallest absolute Gasteiger partial charge is 0.391 e. The lowest BCUT2D eigenvalue weighted by Gasteiger charge is -2.34. The van der Waals surface area contributed by atoms with Crippen LogP contribution in [0.5, 0.6) is 5.75 Å². The molecule has 0 aliphatic carbocycles. The van der Waals surface area contributed by atoms with Crippen LogP contribution in [0.2, 0.25) is 0 Å². The average molecular weight is 1230 g/mol. The number of carbonyl (C=O) groups is 3. The maximum atomic E-state index is 14.6. The van der Waals surface area contributed by atoms with E-state index in [-0.39, 0.29) is 26.0 Å². The highest BCUT2D eigenvalue weighted by Gasteiger charge is 2.44. The van der Waals surface area contributed by atoms with Gasteiger partial charge in [0.15, 0.2) is 5.60 Å². The molecule has 0 aromatic heterocycles. The third-order valence-electron chi connectivity index (χ3n) is 16.9. The van der Waals surface area contributed by atoms with Gasteiger partial charge in [-0.2, -0.15) is 0 Å². The van der Waals surface area contributed by atoms with Gasteiger partial charge in [-0.25, -0.2) is 24.2 Å². The molecule has 0 heterocycles. The van der Waals surface area contributed by atoms with E-state index in [9.17, 15) is 34.8 Å². The summed E-state index contributed by atoms with van der Waals surface area (Å²) < 4.78 is 17.4. The number of hydrogen-bond donors (Lipinski definition) is 4. The Morgan fingerprint density at radius 1 is 0.483 bits per heavy atom. The van der Waals surface area contributed by atoms with Gasteiger partial charge in [0.05, 0.1) is 37.4 Å². The van der Waals surface area contributed by atoms with Crippen LogP contribution in [0.15, 0.2) is 36.4 Å². The monoisotopic (exact) mass is 1230 g/mol. The number of nitrogens with zero attached hydrogens (tertiary/aromatic N) is 3. The molecule has 0 radical (unpaired) electrons. The van der Waals surface area contributed by atoms with Gasteiger partial charge in [-0.1, -0.05) is 245 Å². The molecule has 0 aliphatic rings. The minimum atomic E-state index is -1.79. The summed E-state index contributed by atoms with van der Waals surface area (Å²) in [5.74, 6) is -1.66. The van der Waals surface area contributed by atoms with Gasteiger partial charge in [0, 0.05) is 58.9 Å². The number of rotatable bonds is 62. The second kappa shape index (κ2) is 56.8. The van der Waals surface area contributed by atoms with Crippen molar-refractivity contribution in [2.75, 3.05) is 80.2 Å². The second-order valence-electron chi connectivity index (χ2n) is 25.5. The zero-order chi connectivity index (χ0) is 63.9. The summed E-state index contributed by atoms with van der Waals surface area (Å²) in [6.45, 7) is 12.2. The van der Waals surface area contributed by atoms with Crippen LogP contribution in [0.4, 0.5) is 0 Å². The van der Waals surface area contributed by atoms with E-state index in [1.54, 1.807) is 30.3 Å². The zero-order valence-corrected chi connectivity index (χ0v) is 56.8. The highest BCUT2D eigenvalue weighted by molar-refractivity contribution is 5.82. The number of benzene rings is 1. The van der Waals surface area contributed by atoms with E-state index in [0.717, 1.165) is 77.2 Å². The van der Waals surface area contributed by atoms with Crippen LogP contribution in [0.1, 0.15) is 290 Å². The number of methoxy groups -OCH3 is 1. The van der Waals surface area contributed by atoms with E-state index in [4.69, 9.17) is 24.0 Å². The summed E-state index contributed by atoms with van der Waals surface area (Å²) in [6, 6.07) is 6.78. The molecule has 0 fully saturated rings. The maximum Gasteiger partial charge on any atom is 0.391 e. The molecule has 1 rings (SSSR count). The fourth-order valence-corrected chi connectivity index (χ4v) is 11.5. The number of ether oxygens (including phenoxy) is 3. The number of hydrogen-bond acceptors (Lipinski definition) is 15. The predicted molar refractivity (Wildman–Crippen MR) is 356 cm³/mol. The molecule has 15 heteroatoms. The zero-order valence-electron chi connectivity index (χ0n) is 56.8. The second-order valence-corrected chi connectivity index (χ2v) is 25.5. The number of carbonyl (C=O) groups excluding carboxylic acids is 3. The Morgan fingerprint density at radius 3 is 1.24 bits per heavy atom. The fraction of sp³-hybridized carbons (Fsp3) is 0.847. The summed E-state index contributed by atoms with van der Waals surface area (Å²) in [7, 11) is 5.35. The van der Waals surface area contributed by atoms with Crippen LogP contribution in [0, 0.1) is 0 Å².